The fraction of sp³-hybridized carbons (Fsp3) is 0. The highest BCUT2D eigenvalue weighted by molar-refractivity contribution is 7.85. The predicted octanol–water partition coefficient (Wildman–Crippen LogP) is 2.21. The van der Waals surface area contributed by atoms with Gasteiger partial charge in [-0.15, -0.1) is 0 Å². The molecule has 8 nitrogen and oxygen atoms in total. The van der Waals surface area contributed by atoms with Crippen molar-refractivity contribution in [3.05, 3.63) is 52.5 Å². The Labute approximate surface area is 140 Å². The molecule has 0 atom stereocenters. The third-order valence-electron chi connectivity index (χ3n) is 2.86. The first-order valence-corrected chi connectivity index (χ1v) is 7.97. The Morgan fingerprint density at radius 2 is 1.71 bits per heavy atom. The normalized spacial score (nSPS) is 11.1. The molecule has 0 fully saturated rings. The molecule has 0 unspecified atom stereocenters. The molecule has 0 radical (unpaired) electrons. The lowest BCUT2D eigenvalue weighted by Gasteiger charge is -2.09. The SMILES string of the molecule is O=C(Oc1ccc(S(=O)(=O)O)cc1C(=O)O)c1cc(Cl)ccc1O. The first-order valence-electron chi connectivity index (χ1n) is 6.15. The average Bonchev–Trinajstić information content (AvgIpc) is 2.48. The summed E-state index contributed by atoms with van der Waals surface area (Å²) in [5.74, 6) is -3.59. The van der Waals surface area contributed by atoms with Gasteiger partial charge in [-0.25, -0.2) is 9.59 Å². The number of esters is 1. The van der Waals surface area contributed by atoms with Gasteiger partial charge in [0.05, 0.1) is 4.90 Å². The third kappa shape index (κ3) is 3.82. The van der Waals surface area contributed by atoms with E-state index in [4.69, 9.17) is 26.0 Å². The molecule has 0 aromatic heterocycles. The van der Waals surface area contributed by atoms with Gasteiger partial charge in [0.2, 0.25) is 0 Å². The number of hydrogen-bond acceptors (Lipinski definition) is 6. The largest absolute Gasteiger partial charge is 0.507 e. The van der Waals surface area contributed by atoms with E-state index in [2.05, 4.69) is 0 Å². The van der Waals surface area contributed by atoms with Crippen LogP contribution in [0, 0.1) is 0 Å². The first kappa shape index (κ1) is 17.7. The summed E-state index contributed by atoms with van der Waals surface area (Å²) in [5.41, 5.74) is -0.974. The van der Waals surface area contributed by atoms with Gasteiger partial charge in [-0.05, 0) is 36.4 Å². The van der Waals surface area contributed by atoms with Crippen LogP contribution in [-0.4, -0.2) is 35.1 Å². The molecule has 0 heterocycles. The van der Waals surface area contributed by atoms with E-state index in [-0.39, 0.29) is 10.6 Å². The van der Waals surface area contributed by atoms with Crippen LogP contribution in [0.1, 0.15) is 20.7 Å². The van der Waals surface area contributed by atoms with Crippen molar-refractivity contribution >= 4 is 33.7 Å². The third-order valence-corrected chi connectivity index (χ3v) is 3.95. The summed E-state index contributed by atoms with van der Waals surface area (Å²) >= 11 is 5.71. The molecular formula is C14H9ClO8S. The maximum Gasteiger partial charge on any atom is 0.347 e. The zero-order valence-electron chi connectivity index (χ0n) is 11.6. The lowest BCUT2D eigenvalue weighted by Crippen LogP contribution is -2.12. The molecule has 3 N–H and O–H groups in total. The van der Waals surface area contributed by atoms with Crippen molar-refractivity contribution in [2.75, 3.05) is 0 Å². The maximum absolute atomic E-state index is 12.0. The zero-order valence-corrected chi connectivity index (χ0v) is 13.2. The second kappa shape index (κ2) is 6.48. The molecule has 10 heteroatoms. The Morgan fingerprint density at radius 3 is 2.29 bits per heavy atom. The van der Waals surface area contributed by atoms with Gasteiger partial charge in [0.25, 0.3) is 10.1 Å². The van der Waals surface area contributed by atoms with Gasteiger partial charge in [-0.1, -0.05) is 11.6 Å². The lowest BCUT2D eigenvalue weighted by atomic mass is 10.2. The van der Waals surface area contributed by atoms with Crippen LogP contribution in [0.2, 0.25) is 5.02 Å². The number of carbonyl (C=O) groups excluding carboxylic acids is 1. The molecule has 0 aliphatic rings. The second-order valence-electron chi connectivity index (χ2n) is 4.49. The van der Waals surface area contributed by atoms with Gasteiger partial charge in [0.15, 0.2) is 0 Å². The molecule has 0 spiro atoms. The fourth-order valence-corrected chi connectivity index (χ4v) is 2.43. The molecule has 0 saturated carbocycles. The highest BCUT2D eigenvalue weighted by Crippen LogP contribution is 2.27. The van der Waals surface area contributed by atoms with E-state index in [0.29, 0.717) is 6.07 Å². The van der Waals surface area contributed by atoms with Gasteiger partial charge in [0.1, 0.15) is 22.6 Å². The summed E-state index contributed by atoms with van der Waals surface area (Å²) in [6, 6.07) is 5.99. The Morgan fingerprint density at radius 1 is 1.04 bits per heavy atom. The zero-order chi connectivity index (χ0) is 18.1. The Balaban J connectivity index is 2.44. The molecule has 2 aromatic rings. The number of halogens is 1. The number of aromatic carboxylic acids is 1. The van der Waals surface area contributed by atoms with Gasteiger partial charge in [0, 0.05) is 5.02 Å². The summed E-state index contributed by atoms with van der Waals surface area (Å²) in [6.07, 6.45) is 0. The molecule has 24 heavy (non-hydrogen) atoms. The first-order chi connectivity index (χ1) is 11.1. The van der Waals surface area contributed by atoms with Crippen LogP contribution in [0.3, 0.4) is 0 Å². The fourth-order valence-electron chi connectivity index (χ4n) is 1.75. The minimum Gasteiger partial charge on any atom is -0.507 e. The lowest BCUT2D eigenvalue weighted by molar-refractivity contribution is 0.0680. The van der Waals surface area contributed by atoms with Gasteiger partial charge in [-0.3, -0.25) is 4.55 Å². The molecule has 0 bridgehead atoms. The Hall–Kier alpha value is -2.62. The molecule has 0 aliphatic carbocycles. The van der Waals surface area contributed by atoms with E-state index in [1.807, 2.05) is 0 Å². The van der Waals surface area contributed by atoms with Crippen LogP contribution in [0.15, 0.2) is 41.3 Å². The predicted molar refractivity (Wildman–Crippen MR) is 81.3 cm³/mol. The minimum absolute atomic E-state index is 0.139. The number of carbonyl (C=O) groups is 2. The Bertz CT molecular complexity index is 936. The van der Waals surface area contributed by atoms with E-state index >= 15 is 0 Å². The van der Waals surface area contributed by atoms with Crippen LogP contribution in [0.5, 0.6) is 11.5 Å². The van der Waals surface area contributed by atoms with E-state index in [0.717, 1.165) is 24.3 Å². The standard InChI is InChI=1S/C14H9ClO8S/c15-7-1-3-11(16)9(5-7)14(19)23-12-4-2-8(24(20,21)22)6-10(12)13(17)18/h1-6,16H,(H,17,18)(H,20,21,22). The van der Waals surface area contributed by atoms with E-state index in [1.165, 1.54) is 6.07 Å². The summed E-state index contributed by atoms with van der Waals surface area (Å²) < 4.78 is 35.9. The number of benzene rings is 2. The van der Waals surface area contributed by atoms with Crippen molar-refractivity contribution in [2.24, 2.45) is 0 Å². The van der Waals surface area contributed by atoms with Gasteiger partial charge in [-0.2, -0.15) is 8.42 Å². The summed E-state index contributed by atoms with van der Waals surface area (Å²) in [4.78, 5) is 22.6. The van der Waals surface area contributed by atoms with Crippen molar-refractivity contribution in [1.29, 1.82) is 0 Å². The van der Waals surface area contributed by atoms with E-state index in [9.17, 15) is 23.1 Å². The van der Waals surface area contributed by atoms with E-state index in [1.54, 1.807) is 0 Å². The Kier molecular flexibility index (Phi) is 4.78. The summed E-state index contributed by atoms with van der Waals surface area (Å²) in [7, 11) is -4.63. The number of carboxylic acid groups (broad SMARTS) is 1. The van der Waals surface area contributed by atoms with Crippen LogP contribution in [-0.2, 0) is 10.1 Å². The molecule has 2 rings (SSSR count). The average molecular weight is 373 g/mol. The number of ether oxygens (including phenoxy) is 1. The van der Waals surface area contributed by atoms with Crippen molar-refractivity contribution in [3.8, 4) is 11.5 Å². The topological polar surface area (TPSA) is 138 Å². The highest BCUT2D eigenvalue weighted by Gasteiger charge is 2.21. The molecule has 2 aromatic carbocycles. The van der Waals surface area contributed by atoms with Crippen molar-refractivity contribution in [2.45, 2.75) is 4.90 Å². The van der Waals surface area contributed by atoms with Crippen molar-refractivity contribution < 1.29 is 37.5 Å². The number of phenolic OH excluding ortho intramolecular Hbond substituents is 1. The summed E-state index contributed by atoms with van der Waals surface area (Å²) in [6.45, 7) is 0. The monoisotopic (exact) mass is 372 g/mol. The van der Waals surface area contributed by atoms with Crippen LogP contribution in [0.25, 0.3) is 0 Å². The van der Waals surface area contributed by atoms with Gasteiger partial charge >= 0.3 is 11.9 Å². The minimum atomic E-state index is -4.63. The van der Waals surface area contributed by atoms with Crippen molar-refractivity contribution in [3.63, 3.8) is 0 Å². The molecule has 0 aliphatic heterocycles. The number of hydrogen-bond donors (Lipinski definition) is 3. The van der Waals surface area contributed by atoms with Crippen LogP contribution < -0.4 is 4.74 Å². The molecule has 126 valence electrons. The number of phenols is 1. The second-order valence-corrected chi connectivity index (χ2v) is 6.35. The quantitative estimate of drug-likeness (QED) is 0.422. The maximum atomic E-state index is 12.0. The smallest absolute Gasteiger partial charge is 0.347 e. The number of aromatic hydroxyl groups is 1. The number of carboxylic acids is 1. The van der Waals surface area contributed by atoms with Gasteiger partial charge < -0.3 is 14.9 Å². The van der Waals surface area contributed by atoms with Crippen LogP contribution >= 0.6 is 11.6 Å². The highest BCUT2D eigenvalue weighted by atomic mass is 35.5. The van der Waals surface area contributed by atoms with Crippen molar-refractivity contribution in [1.82, 2.24) is 0 Å². The molecule has 0 saturated heterocycles. The molecular weight excluding hydrogens is 364 g/mol. The molecule has 0 amide bonds. The van der Waals surface area contributed by atoms with Crippen LogP contribution in [0.4, 0.5) is 0 Å². The number of rotatable bonds is 4. The summed E-state index contributed by atoms with van der Waals surface area (Å²) in [5, 5.41) is 18.9. The van der Waals surface area contributed by atoms with E-state index < -0.39 is 44.0 Å².